The summed E-state index contributed by atoms with van der Waals surface area (Å²) in [6.07, 6.45) is 2.83. The van der Waals surface area contributed by atoms with Crippen LogP contribution in [0.25, 0.3) is 11.1 Å². The minimum atomic E-state index is -0.157. The molecule has 3 aromatic carbocycles. The molecule has 4 heteroatoms. The van der Waals surface area contributed by atoms with Crippen LogP contribution in [0, 0.1) is 5.92 Å². The zero-order valence-corrected chi connectivity index (χ0v) is 15.4. The third kappa shape index (κ3) is 3.18. The zero-order chi connectivity index (χ0) is 19.1. The molecule has 28 heavy (non-hydrogen) atoms. The number of hydrogen-bond acceptors (Lipinski definition) is 2. The Morgan fingerprint density at radius 1 is 0.750 bits per heavy atom. The van der Waals surface area contributed by atoms with Gasteiger partial charge in [-0.25, -0.2) is 0 Å². The highest BCUT2D eigenvalue weighted by Crippen LogP contribution is 2.37. The molecule has 0 spiro atoms. The number of carbonyl (C=O) groups excluding carboxylic acids is 2. The van der Waals surface area contributed by atoms with Gasteiger partial charge in [-0.2, -0.15) is 0 Å². The van der Waals surface area contributed by atoms with Gasteiger partial charge in [-0.3, -0.25) is 9.59 Å². The lowest BCUT2D eigenvalue weighted by atomic mass is 10.1. The van der Waals surface area contributed by atoms with Crippen molar-refractivity contribution in [2.75, 3.05) is 10.6 Å². The number of amides is 2. The maximum Gasteiger partial charge on any atom is 0.255 e. The SMILES string of the molecule is O=C(Nc1ccc2c(c1)Cc1ccccc1-2)c1ccc(NC(=O)C2CC2)cc1. The topological polar surface area (TPSA) is 58.2 Å². The van der Waals surface area contributed by atoms with Crippen molar-refractivity contribution < 1.29 is 9.59 Å². The molecule has 2 aliphatic rings. The van der Waals surface area contributed by atoms with E-state index in [1.807, 2.05) is 6.07 Å². The zero-order valence-electron chi connectivity index (χ0n) is 15.4. The van der Waals surface area contributed by atoms with Gasteiger partial charge in [0.1, 0.15) is 0 Å². The van der Waals surface area contributed by atoms with E-state index in [9.17, 15) is 9.59 Å². The van der Waals surface area contributed by atoms with E-state index in [-0.39, 0.29) is 17.7 Å². The average Bonchev–Trinajstić information content (AvgIpc) is 3.49. The van der Waals surface area contributed by atoms with Gasteiger partial charge in [0.2, 0.25) is 5.91 Å². The molecule has 2 aliphatic carbocycles. The summed E-state index contributed by atoms with van der Waals surface area (Å²) in [5, 5.41) is 5.86. The van der Waals surface area contributed by atoms with Gasteiger partial charge in [0.25, 0.3) is 5.91 Å². The van der Waals surface area contributed by atoms with Crippen LogP contribution in [0.1, 0.15) is 34.3 Å². The molecule has 0 saturated heterocycles. The summed E-state index contributed by atoms with van der Waals surface area (Å²) in [6.45, 7) is 0. The molecule has 138 valence electrons. The van der Waals surface area contributed by atoms with Crippen molar-refractivity contribution in [2.45, 2.75) is 19.3 Å². The highest BCUT2D eigenvalue weighted by atomic mass is 16.2. The number of fused-ring (bicyclic) bond motifs is 3. The van der Waals surface area contributed by atoms with Gasteiger partial charge in [-0.05, 0) is 77.9 Å². The van der Waals surface area contributed by atoms with Gasteiger partial charge in [0.15, 0.2) is 0 Å². The van der Waals surface area contributed by atoms with Crippen molar-refractivity contribution in [3.63, 3.8) is 0 Å². The number of carbonyl (C=O) groups is 2. The van der Waals surface area contributed by atoms with Gasteiger partial charge in [-0.1, -0.05) is 30.3 Å². The lowest BCUT2D eigenvalue weighted by Crippen LogP contribution is -2.14. The molecular weight excluding hydrogens is 348 g/mol. The van der Waals surface area contributed by atoms with E-state index in [0.717, 1.165) is 30.6 Å². The predicted molar refractivity (Wildman–Crippen MR) is 110 cm³/mol. The summed E-state index contributed by atoms with van der Waals surface area (Å²) in [5.41, 5.74) is 7.16. The molecular formula is C24H20N2O2. The Bertz CT molecular complexity index is 1080. The van der Waals surface area contributed by atoms with Crippen LogP contribution >= 0.6 is 0 Å². The second-order valence-electron chi connectivity index (χ2n) is 7.50. The molecule has 4 nitrogen and oxygen atoms in total. The summed E-state index contributed by atoms with van der Waals surface area (Å²) in [4.78, 5) is 24.4. The first-order valence-electron chi connectivity index (χ1n) is 9.61. The van der Waals surface area contributed by atoms with Gasteiger partial charge >= 0.3 is 0 Å². The Balaban J connectivity index is 1.28. The van der Waals surface area contributed by atoms with Crippen molar-refractivity contribution in [1.29, 1.82) is 0 Å². The second kappa shape index (κ2) is 6.64. The number of hydrogen-bond donors (Lipinski definition) is 2. The van der Waals surface area contributed by atoms with Crippen molar-refractivity contribution in [3.8, 4) is 11.1 Å². The maximum absolute atomic E-state index is 12.6. The molecule has 0 radical (unpaired) electrons. The van der Waals surface area contributed by atoms with Gasteiger partial charge in [-0.15, -0.1) is 0 Å². The number of rotatable bonds is 4. The van der Waals surface area contributed by atoms with Crippen LogP contribution in [0.4, 0.5) is 11.4 Å². The number of benzene rings is 3. The lowest BCUT2D eigenvalue weighted by molar-refractivity contribution is -0.117. The van der Waals surface area contributed by atoms with E-state index in [1.54, 1.807) is 24.3 Å². The molecule has 0 atom stereocenters. The van der Waals surface area contributed by atoms with E-state index in [2.05, 4.69) is 47.0 Å². The summed E-state index contributed by atoms with van der Waals surface area (Å²) in [6, 6.07) is 21.5. The molecule has 0 unspecified atom stereocenters. The van der Waals surface area contributed by atoms with Crippen molar-refractivity contribution in [1.82, 2.24) is 0 Å². The first-order chi connectivity index (χ1) is 13.7. The molecule has 0 aromatic heterocycles. The second-order valence-corrected chi connectivity index (χ2v) is 7.50. The van der Waals surface area contributed by atoms with E-state index >= 15 is 0 Å². The van der Waals surface area contributed by atoms with Gasteiger partial charge < -0.3 is 10.6 Å². The fraction of sp³-hybridized carbons (Fsp3) is 0.167. The standard InChI is InChI=1S/C24H20N2O2/c27-23(15-5-6-15)25-19-9-7-16(8-10-19)24(28)26-20-11-12-22-18(14-20)13-17-3-1-2-4-21(17)22/h1-4,7-12,14-15H,5-6,13H2,(H,25,27)(H,26,28). The Labute approximate surface area is 163 Å². The van der Waals surface area contributed by atoms with E-state index in [4.69, 9.17) is 0 Å². The monoisotopic (exact) mass is 368 g/mol. The normalized spacial score (nSPS) is 14.1. The Morgan fingerprint density at radius 2 is 1.46 bits per heavy atom. The summed E-state index contributed by atoms with van der Waals surface area (Å²) in [5.74, 6) is 0.0702. The Hall–Kier alpha value is -3.40. The minimum absolute atomic E-state index is 0.0661. The van der Waals surface area contributed by atoms with Crippen LogP contribution < -0.4 is 10.6 Å². The average molecular weight is 368 g/mol. The molecule has 2 N–H and O–H groups in total. The molecule has 1 fully saturated rings. The number of anilines is 2. The Kier molecular flexibility index (Phi) is 3.97. The van der Waals surface area contributed by atoms with Crippen LogP contribution in [-0.2, 0) is 11.2 Å². The molecule has 0 bridgehead atoms. The van der Waals surface area contributed by atoms with Crippen LogP contribution in [0.15, 0.2) is 66.7 Å². The quantitative estimate of drug-likeness (QED) is 0.540. The first-order valence-corrected chi connectivity index (χ1v) is 9.61. The third-order valence-corrected chi connectivity index (χ3v) is 5.41. The van der Waals surface area contributed by atoms with Crippen LogP contribution in [0.2, 0.25) is 0 Å². The highest BCUT2D eigenvalue weighted by molar-refractivity contribution is 6.05. The van der Waals surface area contributed by atoms with Crippen LogP contribution in [0.5, 0.6) is 0 Å². The lowest BCUT2D eigenvalue weighted by Gasteiger charge is -2.09. The van der Waals surface area contributed by atoms with Crippen molar-refractivity contribution in [2.24, 2.45) is 5.92 Å². The Morgan fingerprint density at radius 3 is 2.25 bits per heavy atom. The predicted octanol–water partition coefficient (Wildman–Crippen LogP) is 4.86. The molecule has 2 amide bonds. The van der Waals surface area contributed by atoms with Gasteiger partial charge in [0, 0.05) is 22.9 Å². The minimum Gasteiger partial charge on any atom is -0.326 e. The summed E-state index contributed by atoms with van der Waals surface area (Å²) in [7, 11) is 0. The van der Waals surface area contributed by atoms with E-state index in [1.165, 1.54) is 22.3 Å². The fourth-order valence-corrected chi connectivity index (χ4v) is 3.72. The molecule has 0 aliphatic heterocycles. The third-order valence-electron chi connectivity index (χ3n) is 5.41. The largest absolute Gasteiger partial charge is 0.326 e. The fourth-order valence-electron chi connectivity index (χ4n) is 3.72. The van der Waals surface area contributed by atoms with E-state index < -0.39 is 0 Å². The molecule has 3 aromatic rings. The first kappa shape index (κ1) is 16.8. The van der Waals surface area contributed by atoms with Crippen molar-refractivity contribution >= 4 is 23.2 Å². The molecule has 5 rings (SSSR count). The maximum atomic E-state index is 12.6. The molecule has 0 heterocycles. The number of nitrogens with one attached hydrogen (secondary N) is 2. The van der Waals surface area contributed by atoms with Crippen LogP contribution in [0.3, 0.4) is 0 Å². The molecule has 1 saturated carbocycles. The highest BCUT2D eigenvalue weighted by Gasteiger charge is 2.29. The van der Waals surface area contributed by atoms with Crippen LogP contribution in [-0.4, -0.2) is 11.8 Å². The smallest absolute Gasteiger partial charge is 0.255 e. The van der Waals surface area contributed by atoms with Crippen molar-refractivity contribution in [3.05, 3.63) is 83.4 Å². The summed E-state index contributed by atoms with van der Waals surface area (Å²) >= 11 is 0. The van der Waals surface area contributed by atoms with E-state index in [0.29, 0.717) is 5.56 Å². The summed E-state index contributed by atoms with van der Waals surface area (Å²) < 4.78 is 0. The van der Waals surface area contributed by atoms with Gasteiger partial charge in [0.05, 0.1) is 0 Å².